The summed E-state index contributed by atoms with van der Waals surface area (Å²) in [7, 11) is 0. The minimum atomic E-state index is -0.228. The van der Waals surface area contributed by atoms with Gasteiger partial charge in [0.05, 0.1) is 5.69 Å². The van der Waals surface area contributed by atoms with Crippen molar-refractivity contribution in [2.45, 2.75) is 6.92 Å². The number of benzene rings is 1. The Morgan fingerprint density at radius 2 is 2.31 bits per heavy atom. The van der Waals surface area contributed by atoms with E-state index in [1.54, 1.807) is 6.07 Å². The van der Waals surface area contributed by atoms with E-state index >= 15 is 0 Å². The van der Waals surface area contributed by atoms with Crippen LogP contribution in [0.2, 0.25) is 0 Å². The Balaban J connectivity index is 2.72. The van der Waals surface area contributed by atoms with Gasteiger partial charge in [-0.15, -0.1) is 0 Å². The van der Waals surface area contributed by atoms with Gasteiger partial charge in [-0.1, -0.05) is 28.6 Å². The molecular formula is C10H11BrFN. The van der Waals surface area contributed by atoms with Gasteiger partial charge in [-0.05, 0) is 24.6 Å². The average molecular weight is 244 g/mol. The Bertz CT molecular complexity index is 323. The van der Waals surface area contributed by atoms with Gasteiger partial charge in [0, 0.05) is 11.0 Å². The molecule has 0 saturated carbocycles. The lowest BCUT2D eigenvalue weighted by Gasteiger charge is -2.06. The molecule has 13 heavy (non-hydrogen) atoms. The number of nitrogens with one attached hydrogen (secondary N) is 1. The first-order valence-electron chi connectivity index (χ1n) is 3.93. The van der Waals surface area contributed by atoms with E-state index in [-0.39, 0.29) is 5.82 Å². The van der Waals surface area contributed by atoms with Crippen LogP contribution in [0.25, 0.3) is 0 Å². The summed E-state index contributed by atoms with van der Waals surface area (Å²) in [6.07, 6.45) is 0. The molecule has 1 aromatic carbocycles. The first-order chi connectivity index (χ1) is 6.09. The van der Waals surface area contributed by atoms with E-state index < -0.39 is 0 Å². The summed E-state index contributed by atoms with van der Waals surface area (Å²) in [6, 6.07) is 5.09. The van der Waals surface area contributed by atoms with Crippen LogP contribution in [-0.4, -0.2) is 6.54 Å². The van der Waals surface area contributed by atoms with Crippen molar-refractivity contribution in [2.24, 2.45) is 0 Å². The first-order valence-corrected chi connectivity index (χ1v) is 4.72. The van der Waals surface area contributed by atoms with Gasteiger partial charge in [-0.2, -0.15) is 0 Å². The molecule has 70 valence electrons. The molecule has 1 nitrogen and oxygen atoms in total. The normalized spacial score (nSPS) is 9.77. The molecule has 0 radical (unpaired) electrons. The molecule has 0 aliphatic carbocycles. The molecule has 3 heteroatoms. The fourth-order valence-corrected chi connectivity index (χ4v) is 1.09. The van der Waals surface area contributed by atoms with Crippen molar-refractivity contribution in [2.75, 3.05) is 11.9 Å². The second-order valence-electron chi connectivity index (χ2n) is 2.85. The van der Waals surface area contributed by atoms with Crippen LogP contribution in [-0.2, 0) is 0 Å². The van der Waals surface area contributed by atoms with Crippen molar-refractivity contribution < 1.29 is 4.39 Å². The predicted octanol–water partition coefficient (Wildman–Crippen LogP) is 3.45. The van der Waals surface area contributed by atoms with E-state index in [0.717, 1.165) is 10.0 Å². The van der Waals surface area contributed by atoms with Crippen molar-refractivity contribution in [3.05, 3.63) is 40.6 Å². The Morgan fingerprint density at radius 3 is 2.85 bits per heavy atom. The van der Waals surface area contributed by atoms with Gasteiger partial charge in [0.1, 0.15) is 5.82 Å². The second-order valence-corrected chi connectivity index (χ2v) is 3.98. The molecule has 0 bridgehead atoms. The third-order valence-corrected chi connectivity index (χ3v) is 1.88. The molecule has 0 unspecified atom stereocenters. The van der Waals surface area contributed by atoms with Crippen molar-refractivity contribution in [1.82, 2.24) is 0 Å². The molecule has 1 rings (SSSR count). The number of halogens is 2. The fourth-order valence-electron chi connectivity index (χ4n) is 0.955. The number of aryl methyl sites for hydroxylation is 1. The summed E-state index contributed by atoms with van der Waals surface area (Å²) in [5.74, 6) is -0.228. The monoisotopic (exact) mass is 243 g/mol. The number of hydrogen-bond acceptors (Lipinski definition) is 1. The molecule has 0 aliphatic heterocycles. The maximum Gasteiger partial charge on any atom is 0.146 e. The molecule has 0 aromatic heterocycles. The molecule has 0 heterocycles. The summed E-state index contributed by atoms with van der Waals surface area (Å²) in [5.41, 5.74) is 1.42. The zero-order valence-corrected chi connectivity index (χ0v) is 8.99. The molecule has 0 amide bonds. The summed E-state index contributed by atoms with van der Waals surface area (Å²) >= 11 is 3.19. The maximum absolute atomic E-state index is 13.2. The maximum atomic E-state index is 13.2. The molecule has 0 atom stereocenters. The van der Waals surface area contributed by atoms with Crippen LogP contribution in [0.1, 0.15) is 5.56 Å². The van der Waals surface area contributed by atoms with Crippen LogP contribution in [0.5, 0.6) is 0 Å². The van der Waals surface area contributed by atoms with Gasteiger partial charge in [0.25, 0.3) is 0 Å². The third-order valence-electron chi connectivity index (χ3n) is 1.60. The van der Waals surface area contributed by atoms with E-state index in [0.29, 0.717) is 12.2 Å². The summed E-state index contributed by atoms with van der Waals surface area (Å²) in [6.45, 7) is 6.03. The highest BCUT2D eigenvalue weighted by atomic mass is 79.9. The lowest BCUT2D eigenvalue weighted by molar-refractivity contribution is 0.629. The molecule has 0 aliphatic rings. The number of hydrogen-bond donors (Lipinski definition) is 1. The van der Waals surface area contributed by atoms with Gasteiger partial charge in [0.2, 0.25) is 0 Å². The predicted molar refractivity (Wildman–Crippen MR) is 57.7 cm³/mol. The first kappa shape index (κ1) is 10.3. The second kappa shape index (κ2) is 4.42. The number of anilines is 1. The van der Waals surface area contributed by atoms with Crippen molar-refractivity contribution in [1.29, 1.82) is 0 Å². The topological polar surface area (TPSA) is 12.0 Å². The van der Waals surface area contributed by atoms with Gasteiger partial charge < -0.3 is 5.32 Å². The highest BCUT2D eigenvalue weighted by molar-refractivity contribution is 9.11. The molecule has 0 saturated heterocycles. The highest BCUT2D eigenvalue weighted by Gasteiger charge is 2.00. The summed E-state index contributed by atoms with van der Waals surface area (Å²) in [4.78, 5) is 0. The zero-order valence-electron chi connectivity index (χ0n) is 7.40. The molecular weight excluding hydrogens is 233 g/mol. The van der Waals surface area contributed by atoms with Crippen LogP contribution in [0.3, 0.4) is 0 Å². The Hall–Kier alpha value is -0.830. The van der Waals surface area contributed by atoms with Gasteiger partial charge >= 0.3 is 0 Å². The quantitative estimate of drug-likeness (QED) is 0.858. The van der Waals surface area contributed by atoms with E-state index in [1.807, 2.05) is 13.0 Å². The molecule has 0 spiro atoms. The van der Waals surface area contributed by atoms with E-state index in [2.05, 4.69) is 27.8 Å². The molecule has 0 fully saturated rings. The minimum Gasteiger partial charge on any atom is -0.378 e. The third kappa shape index (κ3) is 3.19. The van der Waals surface area contributed by atoms with Crippen LogP contribution in [0, 0.1) is 12.7 Å². The zero-order chi connectivity index (χ0) is 9.84. The van der Waals surface area contributed by atoms with Gasteiger partial charge in [-0.3, -0.25) is 0 Å². The largest absolute Gasteiger partial charge is 0.378 e. The van der Waals surface area contributed by atoms with E-state index in [9.17, 15) is 4.39 Å². The Kier molecular flexibility index (Phi) is 3.48. The smallest absolute Gasteiger partial charge is 0.146 e. The average Bonchev–Trinajstić information content (AvgIpc) is 2.02. The van der Waals surface area contributed by atoms with Crippen molar-refractivity contribution in [3.63, 3.8) is 0 Å². The van der Waals surface area contributed by atoms with Crippen molar-refractivity contribution in [3.8, 4) is 0 Å². The SMILES string of the molecule is C=C(Br)CNc1ccc(C)cc1F. The lowest BCUT2D eigenvalue weighted by Crippen LogP contribution is -2.02. The van der Waals surface area contributed by atoms with Gasteiger partial charge in [0.15, 0.2) is 0 Å². The van der Waals surface area contributed by atoms with E-state index in [4.69, 9.17) is 0 Å². The van der Waals surface area contributed by atoms with Crippen LogP contribution >= 0.6 is 15.9 Å². The summed E-state index contributed by atoms with van der Waals surface area (Å²) < 4.78 is 14.0. The summed E-state index contributed by atoms with van der Waals surface area (Å²) in [5, 5.41) is 2.92. The fraction of sp³-hybridized carbons (Fsp3) is 0.200. The number of rotatable bonds is 3. The van der Waals surface area contributed by atoms with Crippen LogP contribution < -0.4 is 5.32 Å². The van der Waals surface area contributed by atoms with Crippen molar-refractivity contribution >= 4 is 21.6 Å². The highest BCUT2D eigenvalue weighted by Crippen LogP contribution is 2.15. The van der Waals surface area contributed by atoms with E-state index in [1.165, 1.54) is 6.07 Å². The standard InChI is InChI=1S/C10H11BrFN/c1-7-3-4-10(9(12)5-7)13-6-8(2)11/h3-5,13H,2,6H2,1H3. The molecule has 1 N–H and O–H groups in total. The van der Waals surface area contributed by atoms with Gasteiger partial charge in [-0.25, -0.2) is 4.39 Å². The Labute approximate surface area is 85.8 Å². The van der Waals surface area contributed by atoms with Crippen LogP contribution in [0.4, 0.5) is 10.1 Å². The minimum absolute atomic E-state index is 0.228. The van der Waals surface area contributed by atoms with Crippen LogP contribution in [0.15, 0.2) is 29.3 Å². The lowest BCUT2D eigenvalue weighted by atomic mass is 10.2. The Morgan fingerprint density at radius 1 is 1.62 bits per heavy atom. The molecule has 1 aromatic rings.